The van der Waals surface area contributed by atoms with Crippen LogP contribution in [0.2, 0.25) is 0 Å². The Bertz CT molecular complexity index is 799. The number of nitrogens with zero attached hydrogens (tertiary/aromatic N) is 3. The molecule has 2 rings (SSSR count). The number of hydroxylamine groups is 2. The summed E-state index contributed by atoms with van der Waals surface area (Å²) in [5.74, 6) is -1.46. The Labute approximate surface area is 169 Å². The third-order valence-electron chi connectivity index (χ3n) is 4.29. The van der Waals surface area contributed by atoms with Crippen LogP contribution in [-0.4, -0.2) is 65.9 Å². The maximum absolute atomic E-state index is 12.7. The smallest absolute Gasteiger partial charge is 0.410 e. The van der Waals surface area contributed by atoms with E-state index in [1.807, 2.05) is 6.07 Å². The molecule has 1 heterocycles. The minimum Gasteiger partial charge on any atom is -0.467 e. The third-order valence-corrected chi connectivity index (χ3v) is 4.29. The van der Waals surface area contributed by atoms with Gasteiger partial charge in [0.1, 0.15) is 5.60 Å². The minimum absolute atomic E-state index is 0.00853. The Balaban J connectivity index is 2.31. The highest BCUT2D eigenvalue weighted by Crippen LogP contribution is 2.29. The van der Waals surface area contributed by atoms with Gasteiger partial charge in [0.15, 0.2) is 5.54 Å². The molecule has 1 aliphatic heterocycles. The van der Waals surface area contributed by atoms with E-state index in [0.717, 1.165) is 5.06 Å². The highest BCUT2D eigenvalue weighted by atomic mass is 16.7. The van der Waals surface area contributed by atoms with Gasteiger partial charge in [0, 0.05) is 6.54 Å². The van der Waals surface area contributed by atoms with Gasteiger partial charge in [-0.2, -0.15) is 5.26 Å². The van der Waals surface area contributed by atoms with E-state index in [1.54, 1.807) is 51.1 Å². The van der Waals surface area contributed by atoms with E-state index in [4.69, 9.17) is 14.3 Å². The lowest BCUT2D eigenvalue weighted by Gasteiger charge is -2.45. The summed E-state index contributed by atoms with van der Waals surface area (Å²) in [6, 6.07) is 10.2. The monoisotopic (exact) mass is 403 g/mol. The number of rotatable bonds is 4. The molecule has 1 aliphatic rings. The van der Waals surface area contributed by atoms with Crippen LogP contribution in [-0.2, 0) is 19.1 Å². The molecule has 0 N–H and O–H groups in total. The molecule has 9 nitrogen and oxygen atoms in total. The van der Waals surface area contributed by atoms with Gasteiger partial charge < -0.3 is 19.2 Å². The maximum atomic E-state index is 12.7. The molecule has 0 radical (unpaired) electrons. The number of carbonyl (C=O) groups excluding carboxylic acids is 3. The summed E-state index contributed by atoms with van der Waals surface area (Å²) >= 11 is 0. The summed E-state index contributed by atoms with van der Waals surface area (Å²) in [6.45, 7) is 5.11. The highest BCUT2D eigenvalue weighted by molar-refractivity contribution is 5.89. The molecule has 1 aromatic carbocycles. The lowest BCUT2D eigenvalue weighted by Crippen LogP contribution is -2.67. The SMILES string of the molecule is COC(=O)C1(CC#N)CN(C(=O)OC(C)(C)C)CCN1OC(=O)c1ccccc1. The van der Waals surface area contributed by atoms with Crippen molar-refractivity contribution in [3.05, 3.63) is 35.9 Å². The van der Waals surface area contributed by atoms with E-state index in [2.05, 4.69) is 0 Å². The van der Waals surface area contributed by atoms with E-state index in [0.29, 0.717) is 0 Å². The van der Waals surface area contributed by atoms with Crippen molar-refractivity contribution >= 4 is 18.0 Å². The summed E-state index contributed by atoms with van der Waals surface area (Å²) in [4.78, 5) is 44.5. The van der Waals surface area contributed by atoms with Crippen LogP contribution in [0.4, 0.5) is 4.79 Å². The summed E-state index contributed by atoms with van der Waals surface area (Å²) < 4.78 is 10.3. The van der Waals surface area contributed by atoms with Crippen LogP contribution in [0.3, 0.4) is 0 Å². The van der Waals surface area contributed by atoms with Crippen LogP contribution in [0.1, 0.15) is 37.6 Å². The first kappa shape index (κ1) is 22.2. The Hall–Kier alpha value is -3.12. The largest absolute Gasteiger partial charge is 0.467 e. The van der Waals surface area contributed by atoms with E-state index in [9.17, 15) is 19.6 Å². The average molecular weight is 403 g/mol. The number of piperazine rings is 1. The molecule has 1 saturated heterocycles. The van der Waals surface area contributed by atoms with E-state index in [-0.39, 0.29) is 31.6 Å². The van der Waals surface area contributed by atoms with Crippen molar-refractivity contribution < 1.29 is 28.7 Å². The van der Waals surface area contributed by atoms with E-state index in [1.165, 1.54) is 12.0 Å². The van der Waals surface area contributed by atoms with E-state index < -0.39 is 29.2 Å². The van der Waals surface area contributed by atoms with Gasteiger partial charge in [0.05, 0.1) is 38.3 Å². The molecule has 0 saturated carbocycles. The number of methoxy groups -OCH3 is 1. The molecule has 1 atom stereocenters. The number of carbonyl (C=O) groups is 3. The molecule has 1 amide bonds. The zero-order valence-corrected chi connectivity index (χ0v) is 17.0. The predicted molar refractivity (Wildman–Crippen MR) is 101 cm³/mol. The van der Waals surface area contributed by atoms with Crippen molar-refractivity contribution in [2.75, 3.05) is 26.7 Å². The second-order valence-electron chi connectivity index (χ2n) is 7.61. The van der Waals surface area contributed by atoms with Crippen LogP contribution < -0.4 is 0 Å². The summed E-state index contributed by atoms with van der Waals surface area (Å²) in [7, 11) is 1.17. The minimum atomic E-state index is -1.66. The molecule has 0 aromatic heterocycles. The van der Waals surface area contributed by atoms with Gasteiger partial charge in [-0.3, -0.25) is 0 Å². The number of hydrogen-bond acceptors (Lipinski definition) is 8. The molecule has 156 valence electrons. The number of esters is 1. The fraction of sp³-hybridized carbons (Fsp3) is 0.500. The molecular weight excluding hydrogens is 378 g/mol. The second-order valence-corrected chi connectivity index (χ2v) is 7.61. The van der Waals surface area contributed by atoms with Gasteiger partial charge in [-0.25, -0.2) is 14.4 Å². The van der Waals surface area contributed by atoms with E-state index >= 15 is 0 Å². The maximum Gasteiger partial charge on any atom is 0.410 e. The van der Waals surface area contributed by atoms with Crippen LogP contribution in [0, 0.1) is 11.3 Å². The van der Waals surface area contributed by atoms with Crippen LogP contribution >= 0.6 is 0 Å². The second kappa shape index (κ2) is 8.92. The molecule has 0 spiro atoms. The molecular formula is C20H25N3O6. The summed E-state index contributed by atoms with van der Waals surface area (Å²) in [5.41, 5.74) is -2.10. The molecule has 9 heteroatoms. The van der Waals surface area contributed by atoms with Crippen LogP contribution in [0.5, 0.6) is 0 Å². The summed E-state index contributed by atoms with van der Waals surface area (Å²) in [6.07, 6.45) is -0.973. The van der Waals surface area contributed by atoms with Crippen molar-refractivity contribution in [3.8, 4) is 6.07 Å². The van der Waals surface area contributed by atoms with Crippen molar-refractivity contribution in [2.45, 2.75) is 38.3 Å². The third kappa shape index (κ3) is 5.23. The fourth-order valence-corrected chi connectivity index (χ4v) is 2.94. The molecule has 29 heavy (non-hydrogen) atoms. The molecule has 1 fully saturated rings. The molecule has 0 bridgehead atoms. The lowest BCUT2D eigenvalue weighted by atomic mass is 9.92. The van der Waals surface area contributed by atoms with Crippen molar-refractivity contribution in [1.29, 1.82) is 5.26 Å². The van der Waals surface area contributed by atoms with Crippen LogP contribution in [0.25, 0.3) is 0 Å². The van der Waals surface area contributed by atoms with Gasteiger partial charge in [0.25, 0.3) is 0 Å². The number of nitriles is 1. The van der Waals surface area contributed by atoms with Crippen molar-refractivity contribution in [2.24, 2.45) is 0 Å². The van der Waals surface area contributed by atoms with Gasteiger partial charge >= 0.3 is 18.0 Å². The summed E-state index contributed by atoms with van der Waals surface area (Å²) in [5, 5.41) is 10.5. The Morgan fingerprint density at radius 3 is 2.38 bits per heavy atom. The topological polar surface area (TPSA) is 109 Å². The standard InChI is InChI=1S/C20H25N3O6/c1-19(2,3)28-18(26)22-12-13-23(20(14-22,10-11-21)17(25)27-4)29-16(24)15-8-6-5-7-9-15/h5-9H,10,12-14H2,1-4H3. The van der Waals surface area contributed by atoms with Crippen molar-refractivity contribution in [1.82, 2.24) is 9.96 Å². The number of hydrogen-bond donors (Lipinski definition) is 0. The van der Waals surface area contributed by atoms with Crippen molar-refractivity contribution in [3.63, 3.8) is 0 Å². The Kier molecular flexibility index (Phi) is 6.82. The number of amides is 1. The molecule has 0 aliphatic carbocycles. The Morgan fingerprint density at radius 1 is 1.17 bits per heavy atom. The quantitative estimate of drug-likeness (QED) is 0.704. The van der Waals surface area contributed by atoms with Gasteiger partial charge in [-0.05, 0) is 32.9 Å². The normalized spacial score (nSPS) is 19.8. The molecule has 1 aromatic rings. The lowest BCUT2D eigenvalue weighted by molar-refractivity contribution is -0.215. The number of ether oxygens (including phenoxy) is 2. The number of benzene rings is 1. The van der Waals surface area contributed by atoms with Gasteiger partial charge in [-0.1, -0.05) is 18.2 Å². The first-order valence-electron chi connectivity index (χ1n) is 9.11. The van der Waals surface area contributed by atoms with Gasteiger partial charge in [-0.15, -0.1) is 5.06 Å². The Morgan fingerprint density at radius 2 is 1.83 bits per heavy atom. The first-order chi connectivity index (χ1) is 13.6. The average Bonchev–Trinajstić information content (AvgIpc) is 2.68. The zero-order valence-electron chi connectivity index (χ0n) is 17.0. The first-order valence-corrected chi connectivity index (χ1v) is 9.11. The predicted octanol–water partition coefficient (Wildman–Crippen LogP) is 2.14. The van der Waals surface area contributed by atoms with Crippen LogP contribution in [0.15, 0.2) is 30.3 Å². The molecule has 1 unspecified atom stereocenters. The van der Waals surface area contributed by atoms with Gasteiger partial charge in [0.2, 0.25) is 0 Å². The zero-order chi connectivity index (χ0) is 21.7. The highest BCUT2D eigenvalue weighted by Gasteiger charge is 2.53. The fourth-order valence-electron chi connectivity index (χ4n) is 2.94.